The Hall–Kier alpha value is -1.98. The zero-order valence-corrected chi connectivity index (χ0v) is 14.6. The molecule has 24 heavy (non-hydrogen) atoms. The summed E-state index contributed by atoms with van der Waals surface area (Å²) in [4.78, 5) is 12.4. The Morgan fingerprint density at radius 3 is 2.79 bits per heavy atom. The first-order valence-electron chi connectivity index (χ1n) is 6.53. The van der Waals surface area contributed by atoms with Crippen molar-refractivity contribution in [2.45, 2.75) is 17.0 Å². The molecule has 0 spiro atoms. The number of thioether (sulfide) groups is 1. The first-order valence-corrected chi connectivity index (χ1v) is 9.11. The van der Waals surface area contributed by atoms with Gasteiger partial charge in [-0.15, -0.1) is 15.3 Å². The molecule has 0 radical (unpaired) electrons. The maximum absolute atomic E-state index is 13.2. The normalized spacial score (nSPS) is 10.8. The Morgan fingerprint density at radius 2 is 2.08 bits per heavy atom. The summed E-state index contributed by atoms with van der Waals surface area (Å²) in [5.41, 5.74) is 1.18. The van der Waals surface area contributed by atoms with Gasteiger partial charge in [-0.2, -0.15) is 0 Å². The lowest BCUT2D eigenvalue weighted by molar-refractivity contribution is 0.102. The van der Waals surface area contributed by atoms with Crippen LogP contribution in [-0.2, 0) is 5.75 Å². The number of anilines is 1. The van der Waals surface area contributed by atoms with Gasteiger partial charge >= 0.3 is 0 Å². The third-order valence-corrected chi connectivity index (χ3v) is 5.70. The van der Waals surface area contributed by atoms with Crippen LogP contribution in [0.15, 0.2) is 22.5 Å². The average molecular weight is 385 g/mol. The molecule has 0 aliphatic rings. The molecular weight excluding hydrogens is 376 g/mol. The van der Waals surface area contributed by atoms with Gasteiger partial charge in [-0.3, -0.25) is 10.1 Å². The zero-order chi connectivity index (χ0) is 17.1. The average Bonchev–Trinajstić information content (AvgIpc) is 3.17. The minimum Gasteiger partial charge on any atom is -0.296 e. The van der Waals surface area contributed by atoms with E-state index in [-0.39, 0.29) is 5.91 Å². The summed E-state index contributed by atoms with van der Waals surface area (Å²) < 4.78 is 30.3. The van der Waals surface area contributed by atoms with Crippen molar-refractivity contribution >= 4 is 45.7 Å². The number of hydrogen-bond acceptors (Lipinski definition) is 8. The highest BCUT2D eigenvalue weighted by atomic mass is 32.2. The van der Waals surface area contributed by atoms with Gasteiger partial charge < -0.3 is 0 Å². The van der Waals surface area contributed by atoms with Crippen LogP contribution in [0.1, 0.15) is 20.9 Å². The number of carbonyl (C=O) groups excluding carboxylic acids is 1. The topological polar surface area (TPSA) is 80.7 Å². The molecule has 0 aliphatic heterocycles. The molecule has 6 nitrogen and oxygen atoms in total. The van der Waals surface area contributed by atoms with Crippen LogP contribution < -0.4 is 5.32 Å². The number of rotatable bonds is 5. The van der Waals surface area contributed by atoms with Crippen LogP contribution >= 0.6 is 34.6 Å². The third kappa shape index (κ3) is 3.91. The zero-order valence-electron chi connectivity index (χ0n) is 12.1. The SMILES string of the molecule is Cc1nnsc1C(=O)Nc1nnc(SCc2ccc(F)c(F)c2)s1. The summed E-state index contributed by atoms with van der Waals surface area (Å²) in [6.45, 7) is 1.70. The minimum absolute atomic E-state index is 0.337. The summed E-state index contributed by atoms with van der Waals surface area (Å²) in [6.07, 6.45) is 0. The van der Waals surface area contributed by atoms with Gasteiger partial charge in [0.1, 0.15) is 4.88 Å². The van der Waals surface area contributed by atoms with Crippen LogP contribution in [-0.4, -0.2) is 25.7 Å². The molecule has 3 aromatic rings. The van der Waals surface area contributed by atoms with Crippen molar-refractivity contribution in [2.24, 2.45) is 0 Å². The molecule has 0 aliphatic carbocycles. The lowest BCUT2D eigenvalue weighted by Gasteiger charge is -1.99. The molecule has 0 saturated heterocycles. The molecule has 0 bridgehead atoms. The Labute approximate surface area is 147 Å². The second-order valence-corrected chi connectivity index (χ2v) is 7.51. The smallest absolute Gasteiger partial charge is 0.271 e. The largest absolute Gasteiger partial charge is 0.296 e. The number of carbonyl (C=O) groups is 1. The molecule has 1 amide bonds. The highest BCUT2D eigenvalue weighted by Gasteiger charge is 2.15. The maximum Gasteiger partial charge on any atom is 0.271 e. The maximum atomic E-state index is 13.2. The summed E-state index contributed by atoms with van der Waals surface area (Å²) in [5, 5.41) is 14.6. The van der Waals surface area contributed by atoms with Crippen LogP contribution in [0, 0.1) is 18.6 Å². The van der Waals surface area contributed by atoms with Gasteiger partial charge in [0.05, 0.1) is 5.69 Å². The molecular formula is C13H9F2N5OS3. The van der Waals surface area contributed by atoms with Gasteiger partial charge in [0.25, 0.3) is 5.91 Å². The predicted octanol–water partition coefficient (Wildman–Crippen LogP) is 3.52. The van der Waals surface area contributed by atoms with E-state index in [0.717, 1.165) is 23.7 Å². The fourth-order valence-electron chi connectivity index (χ4n) is 1.69. The molecule has 1 N–H and O–H groups in total. The fraction of sp³-hybridized carbons (Fsp3) is 0.154. The van der Waals surface area contributed by atoms with E-state index in [9.17, 15) is 13.6 Å². The summed E-state index contributed by atoms with van der Waals surface area (Å²) in [6, 6.07) is 3.74. The van der Waals surface area contributed by atoms with Gasteiger partial charge in [-0.05, 0) is 36.2 Å². The van der Waals surface area contributed by atoms with Crippen LogP contribution in [0.5, 0.6) is 0 Å². The molecule has 0 unspecified atom stereocenters. The number of nitrogens with zero attached hydrogens (tertiary/aromatic N) is 4. The monoisotopic (exact) mass is 385 g/mol. The van der Waals surface area contributed by atoms with Gasteiger partial charge in [0.15, 0.2) is 16.0 Å². The first kappa shape index (κ1) is 16.9. The molecule has 11 heteroatoms. The number of amides is 1. The van der Waals surface area contributed by atoms with Crippen molar-refractivity contribution in [3.05, 3.63) is 46.0 Å². The highest BCUT2D eigenvalue weighted by Crippen LogP contribution is 2.29. The van der Waals surface area contributed by atoms with Crippen molar-refractivity contribution < 1.29 is 13.6 Å². The van der Waals surface area contributed by atoms with Gasteiger partial charge in [-0.25, -0.2) is 8.78 Å². The van der Waals surface area contributed by atoms with E-state index in [2.05, 4.69) is 25.1 Å². The summed E-state index contributed by atoms with van der Waals surface area (Å²) >= 11 is 3.52. The minimum atomic E-state index is -0.883. The van der Waals surface area contributed by atoms with Crippen LogP contribution in [0.2, 0.25) is 0 Å². The second-order valence-electron chi connectivity index (χ2n) is 4.55. The van der Waals surface area contributed by atoms with Gasteiger partial charge in [0, 0.05) is 5.75 Å². The third-order valence-electron chi connectivity index (χ3n) is 2.83. The van der Waals surface area contributed by atoms with E-state index in [1.807, 2.05) is 0 Å². The van der Waals surface area contributed by atoms with E-state index in [1.165, 1.54) is 29.2 Å². The lowest BCUT2D eigenvalue weighted by Crippen LogP contribution is -2.11. The molecule has 124 valence electrons. The number of aromatic nitrogens is 4. The molecule has 0 atom stereocenters. The summed E-state index contributed by atoms with van der Waals surface area (Å²) in [7, 11) is 0. The number of aryl methyl sites for hydroxylation is 1. The quantitative estimate of drug-likeness (QED) is 0.535. The number of hydrogen-bond donors (Lipinski definition) is 1. The van der Waals surface area contributed by atoms with Crippen LogP contribution in [0.4, 0.5) is 13.9 Å². The number of benzene rings is 1. The molecule has 0 saturated carbocycles. The standard InChI is InChI=1S/C13H9F2N5OS3/c1-6-10(24-20-17-6)11(21)16-12-18-19-13(23-12)22-5-7-2-3-8(14)9(15)4-7/h2-4H,5H2,1H3,(H,16,18,21). The van der Waals surface area contributed by atoms with E-state index < -0.39 is 11.6 Å². The highest BCUT2D eigenvalue weighted by molar-refractivity contribution is 8.00. The van der Waals surface area contributed by atoms with E-state index in [1.54, 1.807) is 6.92 Å². The van der Waals surface area contributed by atoms with E-state index in [0.29, 0.717) is 31.4 Å². The Morgan fingerprint density at radius 1 is 1.25 bits per heavy atom. The Bertz CT molecular complexity index is 882. The predicted molar refractivity (Wildman–Crippen MR) is 88.4 cm³/mol. The lowest BCUT2D eigenvalue weighted by atomic mass is 10.2. The van der Waals surface area contributed by atoms with Gasteiger partial charge in [-0.1, -0.05) is 33.7 Å². The fourth-order valence-corrected chi connectivity index (χ4v) is 3.93. The molecule has 2 aromatic heterocycles. The van der Waals surface area contributed by atoms with E-state index >= 15 is 0 Å². The molecule has 3 rings (SSSR count). The van der Waals surface area contributed by atoms with Crippen LogP contribution in [0.25, 0.3) is 0 Å². The first-order chi connectivity index (χ1) is 11.5. The van der Waals surface area contributed by atoms with Crippen molar-refractivity contribution in [1.29, 1.82) is 0 Å². The molecule has 2 heterocycles. The van der Waals surface area contributed by atoms with E-state index in [4.69, 9.17) is 0 Å². The number of nitrogens with one attached hydrogen (secondary N) is 1. The Kier molecular flexibility index (Phi) is 5.11. The van der Waals surface area contributed by atoms with Crippen molar-refractivity contribution in [1.82, 2.24) is 19.8 Å². The van der Waals surface area contributed by atoms with Crippen LogP contribution in [0.3, 0.4) is 0 Å². The van der Waals surface area contributed by atoms with Crippen molar-refractivity contribution in [2.75, 3.05) is 5.32 Å². The number of halogens is 2. The Balaban J connectivity index is 1.60. The second kappa shape index (κ2) is 7.28. The summed E-state index contributed by atoms with van der Waals surface area (Å²) in [5.74, 6) is -1.68. The molecule has 1 aromatic carbocycles. The van der Waals surface area contributed by atoms with Crippen molar-refractivity contribution in [3.63, 3.8) is 0 Å². The van der Waals surface area contributed by atoms with Gasteiger partial charge in [0.2, 0.25) is 5.13 Å². The molecule has 0 fully saturated rings. The van der Waals surface area contributed by atoms with Crippen molar-refractivity contribution in [3.8, 4) is 0 Å².